The van der Waals surface area contributed by atoms with Crippen molar-refractivity contribution < 1.29 is 9.53 Å². The maximum atomic E-state index is 12.4. The van der Waals surface area contributed by atoms with Crippen LogP contribution in [0.2, 0.25) is 0 Å². The summed E-state index contributed by atoms with van der Waals surface area (Å²) in [4.78, 5) is 25.5. The molecule has 0 radical (unpaired) electrons. The van der Waals surface area contributed by atoms with E-state index in [0.29, 0.717) is 24.7 Å². The highest BCUT2D eigenvalue weighted by Gasteiger charge is 2.19. The highest BCUT2D eigenvalue weighted by molar-refractivity contribution is 5.90. The number of anilines is 2. The summed E-state index contributed by atoms with van der Waals surface area (Å²) >= 11 is 0. The molecule has 0 unspecified atom stereocenters. The molecule has 9 nitrogen and oxygen atoms in total. The first-order valence-corrected chi connectivity index (χ1v) is 9.98. The van der Waals surface area contributed by atoms with Gasteiger partial charge in [0.05, 0.1) is 31.3 Å². The number of aromatic nitrogens is 4. The normalized spacial score (nSPS) is 17.1. The maximum Gasteiger partial charge on any atom is 0.321 e. The Kier molecular flexibility index (Phi) is 4.73. The molecule has 9 heteroatoms. The molecule has 150 valence electrons. The van der Waals surface area contributed by atoms with E-state index in [1.165, 1.54) is 0 Å². The van der Waals surface area contributed by atoms with Crippen LogP contribution in [0.4, 0.5) is 16.3 Å². The van der Waals surface area contributed by atoms with Crippen molar-refractivity contribution in [3.8, 4) is 11.3 Å². The van der Waals surface area contributed by atoms with E-state index in [2.05, 4.69) is 25.3 Å². The third-order valence-electron chi connectivity index (χ3n) is 5.36. The van der Waals surface area contributed by atoms with Crippen LogP contribution >= 0.6 is 0 Å². The van der Waals surface area contributed by atoms with Crippen LogP contribution in [-0.4, -0.2) is 69.9 Å². The zero-order valence-electron chi connectivity index (χ0n) is 16.1. The lowest BCUT2D eigenvalue weighted by Crippen LogP contribution is -2.37. The molecular weight excluding hydrogens is 370 g/mol. The molecule has 3 aromatic rings. The molecule has 2 amide bonds. The minimum atomic E-state index is -0.0513. The average Bonchev–Trinajstić information content (AvgIpc) is 3.44. The highest BCUT2D eigenvalue weighted by Crippen LogP contribution is 2.23. The number of fused-ring (bicyclic) bond motifs is 1. The molecule has 2 aromatic heterocycles. The highest BCUT2D eigenvalue weighted by atomic mass is 16.5. The Hall–Kier alpha value is -3.20. The van der Waals surface area contributed by atoms with Crippen molar-refractivity contribution in [2.24, 2.45) is 0 Å². The van der Waals surface area contributed by atoms with Crippen molar-refractivity contribution in [3.63, 3.8) is 0 Å². The van der Waals surface area contributed by atoms with Crippen LogP contribution in [-0.2, 0) is 4.74 Å². The number of urea groups is 1. The van der Waals surface area contributed by atoms with Gasteiger partial charge in [0.1, 0.15) is 0 Å². The summed E-state index contributed by atoms with van der Waals surface area (Å²) in [6, 6.07) is 7.61. The minimum Gasteiger partial charge on any atom is -0.378 e. The molecular formula is C20H23N7O2. The molecule has 5 rings (SSSR count). The van der Waals surface area contributed by atoms with Gasteiger partial charge >= 0.3 is 6.03 Å². The van der Waals surface area contributed by atoms with Gasteiger partial charge in [-0.2, -0.15) is 9.61 Å². The number of ether oxygens (including phenoxy) is 1. The average molecular weight is 393 g/mol. The zero-order chi connectivity index (χ0) is 19.6. The largest absolute Gasteiger partial charge is 0.378 e. The predicted octanol–water partition coefficient (Wildman–Crippen LogP) is 2.26. The number of carbonyl (C=O) groups is 1. The van der Waals surface area contributed by atoms with E-state index in [1.54, 1.807) is 16.9 Å². The molecule has 1 aromatic carbocycles. The number of hydrogen-bond acceptors (Lipinski definition) is 6. The molecule has 0 spiro atoms. The summed E-state index contributed by atoms with van der Waals surface area (Å²) < 4.78 is 7.18. The van der Waals surface area contributed by atoms with Crippen LogP contribution in [0.1, 0.15) is 12.8 Å². The quantitative estimate of drug-likeness (QED) is 0.734. The second-order valence-electron chi connectivity index (χ2n) is 7.27. The lowest BCUT2D eigenvalue weighted by Gasteiger charge is -2.27. The molecule has 2 aliphatic heterocycles. The molecule has 4 heterocycles. The lowest BCUT2D eigenvalue weighted by atomic mass is 10.1. The van der Waals surface area contributed by atoms with Crippen LogP contribution in [0, 0.1) is 0 Å². The number of nitrogens with zero attached hydrogens (tertiary/aromatic N) is 6. The smallest absolute Gasteiger partial charge is 0.321 e. The van der Waals surface area contributed by atoms with Gasteiger partial charge in [-0.3, -0.25) is 0 Å². The summed E-state index contributed by atoms with van der Waals surface area (Å²) in [5, 5.41) is 7.54. The van der Waals surface area contributed by atoms with E-state index in [1.807, 2.05) is 29.2 Å². The van der Waals surface area contributed by atoms with Crippen molar-refractivity contribution in [1.29, 1.82) is 0 Å². The van der Waals surface area contributed by atoms with Crippen LogP contribution in [0.15, 0.2) is 36.7 Å². The van der Waals surface area contributed by atoms with Gasteiger partial charge in [0.15, 0.2) is 5.82 Å². The lowest BCUT2D eigenvalue weighted by molar-refractivity contribution is 0.122. The molecule has 0 aliphatic carbocycles. The van der Waals surface area contributed by atoms with E-state index in [-0.39, 0.29) is 6.03 Å². The van der Waals surface area contributed by atoms with Crippen LogP contribution in [0.3, 0.4) is 0 Å². The van der Waals surface area contributed by atoms with Crippen molar-refractivity contribution >= 4 is 23.3 Å². The summed E-state index contributed by atoms with van der Waals surface area (Å²) in [5.74, 6) is 1.48. The Balaban J connectivity index is 1.38. The zero-order valence-corrected chi connectivity index (χ0v) is 16.1. The van der Waals surface area contributed by atoms with Gasteiger partial charge < -0.3 is 19.9 Å². The van der Waals surface area contributed by atoms with E-state index in [0.717, 1.165) is 56.1 Å². The summed E-state index contributed by atoms with van der Waals surface area (Å²) in [6.45, 7) is 4.67. The summed E-state index contributed by atoms with van der Waals surface area (Å²) in [6.07, 6.45) is 5.68. The van der Waals surface area contributed by atoms with Gasteiger partial charge in [0.2, 0.25) is 0 Å². The second-order valence-corrected chi connectivity index (χ2v) is 7.27. The molecule has 0 atom stereocenters. The van der Waals surface area contributed by atoms with Crippen molar-refractivity contribution in [3.05, 3.63) is 36.7 Å². The van der Waals surface area contributed by atoms with Crippen molar-refractivity contribution in [2.45, 2.75) is 12.8 Å². The van der Waals surface area contributed by atoms with Gasteiger partial charge in [-0.15, -0.1) is 0 Å². The van der Waals surface area contributed by atoms with E-state index in [4.69, 9.17) is 4.74 Å². The number of benzene rings is 1. The van der Waals surface area contributed by atoms with Crippen LogP contribution in [0.5, 0.6) is 0 Å². The van der Waals surface area contributed by atoms with Crippen LogP contribution < -0.4 is 10.2 Å². The van der Waals surface area contributed by atoms with Crippen LogP contribution in [0.25, 0.3) is 17.0 Å². The molecule has 0 saturated carbocycles. The topological polar surface area (TPSA) is 87.9 Å². The fourth-order valence-corrected chi connectivity index (χ4v) is 3.79. The second kappa shape index (κ2) is 7.67. The number of hydrogen-bond donors (Lipinski definition) is 1. The third-order valence-corrected chi connectivity index (χ3v) is 5.36. The number of nitrogens with one attached hydrogen (secondary N) is 1. The molecule has 2 saturated heterocycles. The first-order valence-electron chi connectivity index (χ1n) is 9.98. The molecule has 1 N–H and O–H groups in total. The standard InChI is InChI=1S/C20H23N7O2/c28-20(26-6-1-2-7-26)23-16-5-3-4-15(12-16)17-13-22-27-18(14-21-19(27)24-17)25-8-10-29-11-9-25/h3-5,12-14H,1-2,6-11H2,(H,23,28). The Morgan fingerprint density at radius 1 is 1.07 bits per heavy atom. The van der Waals surface area contributed by atoms with E-state index >= 15 is 0 Å². The molecule has 2 aliphatic rings. The van der Waals surface area contributed by atoms with E-state index < -0.39 is 0 Å². The predicted molar refractivity (Wildman–Crippen MR) is 109 cm³/mol. The van der Waals surface area contributed by atoms with Crippen molar-refractivity contribution in [2.75, 3.05) is 49.6 Å². The Labute approximate surface area is 168 Å². The van der Waals surface area contributed by atoms with Gasteiger partial charge in [-0.05, 0) is 25.0 Å². The third kappa shape index (κ3) is 3.61. The summed E-state index contributed by atoms with van der Waals surface area (Å²) in [5.41, 5.74) is 2.35. The Morgan fingerprint density at radius 2 is 1.90 bits per heavy atom. The number of likely N-dealkylation sites (tertiary alicyclic amines) is 1. The number of imidazole rings is 1. The van der Waals surface area contributed by atoms with Gasteiger partial charge in [-0.1, -0.05) is 12.1 Å². The fourth-order valence-electron chi connectivity index (χ4n) is 3.79. The number of rotatable bonds is 3. The monoisotopic (exact) mass is 393 g/mol. The molecule has 29 heavy (non-hydrogen) atoms. The number of amides is 2. The SMILES string of the molecule is O=C(Nc1cccc(-c2cnn3c(N4CCOCC4)cnc3n2)c1)N1CCCC1. The fraction of sp³-hybridized carbons (Fsp3) is 0.400. The van der Waals surface area contributed by atoms with E-state index in [9.17, 15) is 4.79 Å². The molecule has 2 fully saturated rings. The summed E-state index contributed by atoms with van der Waals surface area (Å²) in [7, 11) is 0. The van der Waals surface area contributed by atoms with Gasteiger partial charge in [0, 0.05) is 37.4 Å². The maximum absolute atomic E-state index is 12.4. The number of carbonyl (C=O) groups excluding carboxylic acids is 1. The minimum absolute atomic E-state index is 0.0513. The first-order chi connectivity index (χ1) is 14.3. The Bertz CT molecular complexity index is 1020. The van der Waals surface area contributed by atoms with Gasteiger partial charge in [0.25, 0.3) is 5.78 Å². The van der Waals surface area contributed by atoms with Crippen molar-refractivity contribution in [1.82, 2.24) is 24.5 Å². The Morgan fingerprint density at radius 3 is 2.72 bits per heavy atom. The molecule has 0 bridgehead atoms. The first kappa shape index (κ1) is 17.9. The number of morpholine rings is 1. The van der Waals surface area contributed by atoms with Gasteiger partial charge in [-0.25, -0.2) is 14.8 Å².